The van der Waals surface area contributed by atoms with E-state index < -0.39 is 0 Å². The number of fused-ring (bicyclic) bond motifs is 5. The zero-order valence-electron chi connectivity index (χ0n) is 21.2. The lowest BCUT2D eigenvalue weighted by Crippen LogP contribution is -2.58. The molecule has 0 radical (unpaired) electrons. The predicted molar refractivity (Wildman–Crippen MR) is 127 cm³/mol. The molecule has 1 heteroatoms. The number of ketones is 1. The molecule has 4 fully saturated rings. The molecule has 4 aliphatic carbocycles. The zero-order chi connectivity index (χ0) is 21.9. The van der Waals surface area contributed by atoms with Crippen LogP contribution in [0.15, 0.2) is 0 Å². The Kier molecular flexibility index (Phi) is 6.03. The van der Waals surface area contributed by atoms with Crippen molar-refractivity contribution in [2.75, 3.05) is 0 Å². The molecule has 0 aromatic heterocycles. The summed E-state index contributed by atoms with van der Waals surface area (Å²) in [6.07, 6.45) is 14.8. The molecule has 0 spiro atoms. The third-order valence-electron chi connectivity index (χ3n) is 11.6. The molecule has 0 saturated heterocycles. The normalized spacial score (nSPS) is 46.3. The average molecular weight is 415 g/mol. The fraction of sp³-hybridized carbons (Fsp3) is 0.966. The maximum absolute atomic E-state index is 12.8. The van der Waals surface area contributed by atoms with Gasteiger partial charge in [0.1, 0.15) is 5.78 Å². The number of Topliss-reactive ketones (excluding diaryl/α,β-unsaturated/α-hetero) is 1. The Hall–Kier alpha value is -0.330. The van der Waals surface area contributed by atoms with Gasteiger partial charge in [0.15, 0.2) is 0 Å². The van der Waals surface area contributed by atoms with Gasteiger partial charge >= 0.3 is 0 Å². The molecule has 0 aromatic rings. The van der Waals surface area contributed by atoms with Gasteiger partial charge in [0.2, 0.25) is 0 Å². The Balaban J connectivity index is 1.51. The number of carbonyl (C=O) groups is 1. The van der Waals surface area contributed by atoms with E-state index in [2.05, 4.69) is 48.5 Å². The zero-order valence-corrected chi connectivity index (χ0v) is 21.2. The monoisotopic (exact) mass is 414 g/mol. The molecule has 0 heterocycles. The highest BCUT2D eigenvalue weighted by Gasteiger charge is 2.63. The molecule has 4 rings (SSSR count). The average Bonchev–Trinajstić information content (AvgIpc) is 3.02. The summed E-state index contributed by atoms with van der Waals surface area (Å²) in [6.45, 7) is 17.2. The molecule has 0 bridgehead atoms. The minimum Gasteiger partial charge on any atom is -0.299 e. The van der Waals surface area contributed by atoms with Gasteiger partial charge in [-0.25, -0.2) is 0 Å². The van der Waals surface area contributed by atoms with Gasteiger partial charge in [0, 0.05) is 11.8 Å². The van der Waals surface area contributed by atoms with Crippen molar-refractivity contribution in [2.45, 2.75) is 119 Å². The summed E-state index contributed by atoms with van der Waals surface area (Å²) in [5.74, 6) is 6.61. The molecule has 8 atom stereocenters. The van der Waals surface area contributed by atoms with E-state index >= 15 is 0 Å². The van der Waals surface area contributed by atoms with E-state index in [0.29, 0.717) is 22.5 Å². The first-order valence-electron chi connectivity index (χ1n) is 13.5. The summed E-state index contributed by atoms with van der Waals surface area (Å²) < 4.78 is 0. The summed E-state index contributed by atoms with van der Waals surface area (Å²) >= 11 is 0. The standard InChI is InChI=1S/C29H50O/c1-19(2)9-8-10-20(3)22-12-13-23-21-11-14-25-27(4,5)26(30)16-18-29(25,7)24(21)15-17-28(22,23)6/h19-25H,8-18H2,1-7H3/t20-,21+,22-,23+,24+,25+,28-,29-/m1/s1. The first-order valence-corrected chi connectivity index (χ1v) is 13.5. The van der Waals surface area contributed by atoms with Crippen LogP contribution in [0.4, 0.5) is 0 Å². The highest BCUT2D eigenvalue weighted by Crippen LogP contribution is 2.69. The molecule has 30 heavy (non-hydrogen) atoms. The Morgan fingerprint density at radius 1 is 0.833 bits per heavy atom. The topological polar surface area (TPSA) is 17.1 Å². The molecule has 4 aliphatic rings. The molecule has 1 nitrogen and oxygen atoms in total. The number of rotatable bonds is 5. The van der Waals surface area contributed by atoms with Crippen LogP contribution >= 0.6 is 0 Å². The smallest absolute Gasteiger partial charge is 0.138 e. The molecular weight excluding hydrogens is 364 g/mol. The Morgan fingerprint density at radius 2 is 1.53 bits per heavy atom. The fourth-order valence-electron chi connectivity index (χ4n) is 9.92. The van der Waals surface area contributed by atoms with Crippen LogP contribution in [-0.2, 0) is 4.79 Å². The van der Waals surface area contributed by atoms with E-state index in [1.807, 2.05) is 0 Å². The van der Waals surface area contributed by atoms with Crippen molar-refractivity contribution >= 4 is 5.78 Å². The van der Waals surface area contributed by atoms with E-state index in [-0.39, 0.29) is 5.41 Å². The molecular formula is C29H50O. The number of hydrogen-bond donors (Lipinski definition) is 0. The minimum absolute atomic E-state index is 0.0954. The second-order valence-corrected chi connectivity index (χ2v) is 13.7. The lowest BCUT2D eigenvalue weighted by atomic mass is 9.41. The largest absolute Gasteiger partial charge is 0.299 e. The highest BCUT2D eigenvalue weighted by molar-refractivity contribution is 5.85. The van der Waals surface area contributed by atoms with Crippen molar-refractivity contribution in [3.63, 3.8) is 0 Å². The van der Waals surface area contributed by atoms with Crippen LogP contribution in [0, 0.1) is 57.7 Å². The first-order chi connectivity index (χ1) is 14.0. The summed E-state index contributed by atoms with van der Waals surface area (Å²) in [5, 5.41) is 0. The Bertz CT molecular complexity index is 647. The van der Waals surface area contributed by atoms with Crippen molar-refractivity contribution in [3.05, 3.63) is 0 Å². The van der Waals surface area contributed by atoms with E-state index in [9.17, 15) is 4.79 Å². The van der Waals surface area contributed by atoms with Crippen LogP contribution in [0.25, 0.3) is 0 Å². The van der Waals surface area contributed by atoms with Crippen LogP contribution in [0.2, 0.25) is 0 Å². The van der Waals surface area contributed by atoms with E-state index in [0.717, 1.165) is 41.9 Å². The first kappa shape index (κ1) is 22.8. The van der Waals surface area contributed by atoms with E-state index in [4.69, 9.17) is 0 Å². The summed E-state index contributed by atoms with van der Waals surface area (Å²) in [4.78, 5) is 12.8. The Morgan fingerprint density at radius 3 is 2.23 bits per heavy atom. The maximum Gasteiger partial charge on any atom is 0.138 e. The minimum atomic E-state index is -0.0954. The summed E-state index contributed by atoms with van der Waals surface area (Å²) in [6, 6.07) is 0. The molecule has 4 saturated carbocycles. The van der Waals surface area contributed by atoms with Crippen molar-refractivity contribution < 1.29 is 4.79 Å². The number of hydrogen-bond acceptors (Lipinski definition) is 1. The second kappa shape index (κ2) is 7.91. The second-order valence-electron chi connectivity index (χ2n) is 13.7. The van der Waals surface area contributed by atoms with Gasteiger partial charge in [-0.05, 0) is 97.2 Å². The van der Waals surface area contributed by atoms with Gasteiger partial charge in [0.25, 0.3) is 0 Å². The van der Waals surface area contributed by atoms with Crippen LogP contribution < -0.4 is 0 Å². The van der Waals surface area contributed by atoms with Gasteiger partial charge < -0.3 is 0 Å². The van der Waals surface area contributed by atoms with Crippen LogP contribution in [0.5, 0.6) is 0 Å². The molecule has 0 N–H and O–H groups in total. The van der Waals surface area contributed by atoms with Gasteiger partial charge in [-0.15, -0.1) is 0 Å². The van der Waals surface area contributed by atoms with E-state index in [1.165, 1.54) is 64.2 Å². The van der Waals surface area contributed by atoms with Crippen molar-refractivity contribution in [3.8, 4) is 0 Å². The molecule has 172 valence electrons. The fourth-order valence-corrected chi connectivity index (χ4v) is 9.92. The third-order valence-corrected chi connectivity index (χ3v) is 11.6. The summed E-state index contributed by atoms with van der Waals surface area (Å²) in [7, 11) is 0. The maximum atomic E-state index is 12.8. The molecule has 0 aromatic carbocycles. The van der Waals surface area contributed by atoms with Crippen LogP contribution in [-0.4, -0.2) is 5.78 Å². The van der Waals surface area contributed by atoms with Crippen LogP contribution in [0.3, 0.4) is 0 Å². The molecule has 0 aliphatic heterocycles. The lowest BCUT2D eigenvalue weighted by Gasteiger charge is -2.63. The van der Waals surface area contributed by atoms with Gasteiger partial charge in [-0.1, -0.05) is 67.7 Å². The SMILES string of the molecule is CC(C)CCC[C@@H](C)[C@H]1CC[C@H]2[C@@H]3CC[C@H]4C(C)(C)C(=O)CC[C@]4(C)[C@H]3CC[C@]12C. The number of carbonyl (C=O) groups excluding carboxylic acids is 1. The lowest BCUT2D eigenvalue weighted by molar-refractivity contribution is -0.165. The summed E-state index contributed by atoms with van der Waals surface area (Å²) in [5.41, 5.74) is 0.895. The third kappa shape index (κ3) is 3.44. The van der Waals surface area contributed by atoms with Gasteiger partial charge in [-0.2, -0.15) is 0 Å². The van der Waals surface area contributed by atoms with Crippen LogP contribution in [0.1, 0.15) is 119 Å². The quantitative estimate of drug-likeness (QED) is 0.442. The highest BCUT2D eigenvalue weighted by atomic mass is 16.1. The van der Waals surface area contributed by atoms with E-state index in [1.54, 1.807) is 0 Å². The van der Waals surface area contributed by atoms with Crippen molar-refractivity contribution in [1.82, 2.24) is 0 Å². The van der Waals surface area contributed by atoms with Gasteiger partial charge in [0.05, 0.1) is 0 Å². The molecule has 0 amide bonds. The van der Waals surface area contributed by atoms with Gasteiger partial charge in [-0.3, -0.25) is 4.79 Å². The van der Waals surface area contributed by atoms with Crippen molar-refractivity contribution in [2.24, 2.45) is 57.7 Å². The molecule has 0 unspecified atom stereocenters. The predicted octanol–water partition coefficient (Wildman–Crippen LogP) is 8.31. The van der Waals surface area contributed by atoms with Crippen molar-refractivity contribution in [1.29, 1.82) is 0 Å². The Labute approximate surface area is 187 Å².